The quantitative estimate of drug-likeness (QED) is 0.892. The SMILES string of the molecule is COC1=CC(c2ccc[nH]2)=N/C1=C\c1cc2c([nH]1)CCCC2. The molecule has 0 unspecified atom stereocenters. The molecule has 2 aromatic rings. The lowest BCUT2D eigenvalue weighted by Gasteiger charge is -2.08. The molecule has 0 amide bonds. The first-order valence-corrected chi connectivity index (χ1v) is 7.74. The predicted molar refractivity (Wildman–Crippen MR) is 87.8 cm³/mol. The van der Waals surface area contributed by atoms with E-state index in [1.165, 1.54) is 30.5 Å². The van der Waals surface area contributed by atoms with E-state index < -0.39 is 0 Å². The molecule has 0 atom stereocenters. The third-order valence-electron chi connectivity index (χ3n) is 4.28. The fraction of sp³-hybridized carbons (Fsp3) is 0.278. The molecular formula is C18H19N3O. The van der Waals surface area contributed by atoms with Crippen molar-refractivity contribution in [3.8, 4) is 0 Å². The van der Waals surface area contributed by atoms with Crippen LogP contribution in [0.25, 0.3) is 6.08 Å². The van der Waals surface area contributed by atoms with Crippen LogP contribution in [-0.2, 0) is 17.6 Å². The summed E-state index contributed by atoms with van der Waals surface area (Å²) in [4.78, 5) is 11.4. The molecule has 0 aromatic carbocycles. The Balaban J connectivity index is 1.69. The van der Waals surface area contributed by atoms with Gasteiger partial charge in [0.15, 0.2) is 0 Å². The minimum Gasteiger partial charge on any atom is -0.494 e. The number of allylic oxidation sites excluding steroid dienone is 1. The molecule has 0 saturated carbocycles. The van der Waals surface area contributed by atoms with Gasteiger partial charge < -0.3 is 14.7 Å². The maximum atomic E-state index is 5.48. The highest BCUT2D eigenvalue weighted by Crippen LogP contribution is 2.27. The third kappa shape index (κ3) is 2.30. The Kier molecular flexibility index (Phi) is 3.22. The number of aromatic amines is 2. The Morgan fingerprint density at radius 2 is 2.18 bits per heavy atom. The molecule has 2 aromatic heterocycles. The monoisotopic (exact) mass is 293 g/mol. The van der Waals surface area contributed by atoms with Crippen LogP contribution < -0.4 is 0 Å². The van der Waals surface area contributed by atoms with Gasteiger partial charge in [-0.1, -0.05) is 0 Å². The molecule has 1 aliphatic carbocycles. The van der Waals surface area contributed by atoms with Crippen LogP contribution in [0.3, 0.4) is 0 Å². The molecule has 4 rings (SSSR count). The van der Waals surface area contributed by atoms with Gasteiger partial charge in [-0.3, -0.25) is 0 Å². The third-order valence-corrected chi connectivity index (χ3v) is 4.28. The van der Waals surface area contributed by atoms with Crippen LogP contribution >= 0.6 is 0 Å². The van der Waals surface area contributed by atoms with Crippen LogP contribution in [0.2, 0.25) is 0 Å². The lowest BCUT2D eigenvalue weighted by atomic mass is 9.98. The predicted octanol–water partition coefficient (Wildman–Crippen LogP) is 3.60. The Hall–Kier alpha value is -2.49. The minimum absolute atomic E-state index is 0.803. The first kappa shape index (κ1) is 13.2. The maximum Gasteiger partial charge on any atom is 0.146 e. The van der Waals surface area contributed by atoms with Crippen molar-refractivity contribution < 1.29 is 4.74 Å². The summed E-state index contributed by atoms with van der Waals surface area (Å²) < 4.78 is 5.48. The number of nitrogens with one attached hydrogen (secondary N) is 2. The molecule has 0 spiro atoms. The number of nitrogens with zero attached hydrogens (tertiary/aromatic N) is 1. The van der Waals surface area contributed by atoms with E-state index in [1.54, 1.807) is 7.11 Å². The summed E-state index contributed by atoms with van der Waals surface area (Å²) in [6, 6.07) is 6.23. The number of methoxy groups -OCH3 is 1. The highest BCUT2D eigenvalue weighted by atomic mass is 16.5. The van der Waals surface area contributed by atoms with E-state index in [4.69, 9.17) is 9.73 Å². The number of H-pyrrole nitrogens is 2. The van der Waals surface area contributed by atoms with Crippen LogP contribution in [0, 0.1) is 0 Å². The molecular weight excluding hydrogens is 274 g/mol. The Bertz CT molecular complexity index is 752. The molecule has 0 radical (unpaired) electrons. The number of rotatable bonds is 3. The molecule has 0 fully saturated rings. The fourth-order valence-electron chi connectivity index (χ4n) is 3.16. The fourth-order valence-corrected chi connectivity index (χ4v) is 3.16. The van der Waals surface area contributed by atoms with E-state index in [-0.39, 0.29) is 0 Å². The van der Waals surface area contributed by atoms with E-state index in [1.807, 2.05) is 24.4 Å². The Morgan fingerprint density at radius 3 is 2.95 bits per heavy atom. The zero-order chi connectivity index (χ0) is 14.9. The second-order valence-corrected chi connectivity index (χ2v) is 5.76. The second-order valence-electron chi connectivity index (χ2n) is 5.76. The van der Waals surface area contributed by atoms with Gasteiger partial charge >= 0.3 is 0 Å². The first-order chi connectivity index (χ1) is 10.8. The molecule has 4 nitrogen and oxygen atoms in total. The van der Waals surface area contributed by atoms with Gasteiger partial charge in [0, 0.05) is 23.7 Å². The standard InChI is InChI=1S/C18H19N3O/c1-22-18-11-16(15-7-4-8-19-15)21-17(18)10-13-9-12-5-2-3-6-14(12)20-13/h4,7-11,19-20H,2-3,5-6H2,1H3/b17-10-. The maximum absolute atomic E-state index is 5.48. The average molecular weight is 293 g/mol. The number of aryl methyl sites for hydroxylation is 2. The summed E-state index contributed by atoms with van der Waals surface area (Å²) in [6.07, 6.45) is 10.9. The van der Waals surface area contributed by atoms with Crippen molar-refractivity contribution in [3.05, 3.63) is 64.6 Å². The number of ether oxygens (including phenoxy) is 1. The van der Waals surface area contributed by atoms with Crippen molar-refractivity contribution in [2.45, 2.75) is 25.7 Å². The molecule has 2 N–H and O–H groups in total. The topological polar surface area (TPSA) is 53.2 Å². The summed E-state index contributed by atoms with van der Waals surface area (Å²) in [5.41, 5.74) is 6.72. The van der Waals surface area contributed by atoms with Gasteiger partial charge in [0.1, 0.15) is 11.5 Å². The van der Waals surface area contributed by atoms with Crippen LogP contribution in [0.15, 0.2) is 46.9 Å². The number of hydrogen-bond donors (Lipinski definition) is 2. The molecule has 0 saturated heterocycles. The molecule has 2 aliphatic rings. The van der Waals surface area contributed by atoms with Gasteiger partial charge in [-0.05, 0) is 55.5 Å². The van der Waals surface area contributed by atoms with Crippen LogP contribution in [0.4, 0.5) is 0 Å². The van der Waals surface area contributed by atoms with Crippen molar-refractivity contribution in [1.29, 1.82) is 0 Å². The second kappa shape index (κ2) is 5.37. The smallest absolute Gasteiger partial charge is 0.146 e. The molecule has 1 aliphatic heterocycles. The van der Waals surface area contributed by atoms with E-state index in [0.717, 1.165) is 35.0 Å². The van der Waals surface area contributed by atoms with E-state index >= 15 is 0 Å². The summed E-state index contributed by atoms with van der Waals surface area (Å²) in [5.74, 6) is 0.803. The number of aliphatic imine (C=N–C) groups is 1. The van der Waals surface area contributed by atoms with Gasteiger partial charge in [-0.2, -0.15) is 0 Å². The number of hydrogen-bond acceptors (Lipinski definition) is 2. The number of aromatic nitrogens is 2. The zero-order valence-electron chi connectivity index (χ0n) is 12.6. The van der Waals surface area contributed by atoms with Gasteiger partial charge in [0.25, 0.3) is 0 Å². The van der Waals surface area contributed by atoms with Gasteiger partial charge in [0.2, 0.25) is 0 Å². The van der Waals surface area contributed by atoms with E-state index in [9.17, 15) is 0 Å². The minimum atomic E-state index is 0.803. The van der Waals surface area contributed by atoms with Crippen LogP contribution in [0.1, 0.15) is 35.5 Å². The molecule has 3 heterocycles. The van der Waals surface area contributed by atoms with Gasteiger partial charge in [-0.25, -0.2) is 4.99 Å². The molecule has 22 heavy (non-hydrogen) atoms. The summed E-state index contributed by atoms with van der Waals surface area (Å²) in [5, 5.41) is 0. The molecule has 4 heteroatoms. The lowest BCUT2D eigenvalue weighted by molar-refractivity contribution is 0.303. The normalized spacial score (nSPS) is 19.0. The van der Waals surface area contributed by atoms with Crippen molar-refractivity contribution in [2.75, 3.05) is 7.11 Å². The van der Waals surface area contributed by atoms with Crippen molar-refractivity contribution >= 4 is 11.8 Å². The van der Waals surface area contributed by atoms with E-state index in [2.05, 4.69) is 22.1 Å². The Labute approximate surface area is 129 Å². The van der Waals surface area contributed by atoms with E-state index in [0.29, 0.717) is 0 Å². The van der Waals surface area contributed by atoms with Crippen LogP contribution in [0.5, 0.6) is 0 Å². The lowest BCUT2D eigenvalue weighted by Crippen LogP contribution is -1.99. The largest absolute Gasteiger partial charge is 0.494 e. The first-order valence-electron chi connectivity index (χ1n) is 7.74. The zero-order valence-corrected chi connectivity index (χ0v) is 12.6. The van der Waals surface area contributed by atoms with Crippen molar-refractivity contribution in [2.24, 2.45) is 4.99 Å². The summed E-state index contributed by atoms with van der Waals surface area (Å²) >= 11 is 0. The Morgan fingerprint density at radius 1 is 1.27 bits per heavy atom. The van der Waals surface area contributed by atoms with Crippen molar-refractivity contribution in [3.63, 3.8) is 0 Å². The van der Waals surface area contributed by atoms with Gasteiger partial charge in [-0.15, -0.1) is 0 Å². The average Bonchev–Trinajstić information content (AvgIpc) is 3.26. The molecule has 112 valence electrons. The van der Waals surface area contributed by atoms with Crippen molar-refractivity contribution in [1.82, 2.24) is 9.97 Å². The van der Waals surface area contributed by atoms with Crippen LogP contribution in [-0.4, -0.2) is 22.8 Å². The van der Waals surface area contributed by atoms with Gasteiger partial charge in [0.05, 0.1) is 18.5 Å². The molecule has 0 bridgehead atoms. The summed E-state index contributed by atoms with van der Waals surface area (Å²) in [6.45, 7) is 0. The summed E-state index contributed by atoms with van der Waals surface area (Å²) in [7, 11) is 1.69. The highest BCUT2D eigenvalue weighted by Gasteiger charge is 2.18. The number of fused-ring (bicyclic) bond motifs is 1. The highest BCUT2D eigenvalue weighted by molar-refractivity contribution is 6.11.